The Kier molecular flexibility index (Phi) is 5.86. The molecule has 0 unspecified atom stereocenters. The number of piperazine rings is 1. The van der Waals surface area contributed by atoms with E-state index in [0.29, 0.717) is 11.9 Å². The Labute approximate surface area is 191 Å². The van der Waals surface area contributed by atoms with Crippen LogP contribution in [0.25, 0.3) is 11.0 Å². The van der Waals surface area contributed by atoms with Crippen molar-refractivity contribution in [2.75, 3.05) is 26.2 Å². The lowest BCUT2D eigenvalue weighted by atomic mass is 9.96. The Hall–Kier alpha value is -3.61. The second-order valence-electron chi connectivity index (χ2n) is 8.46. The maximum Gasteiger partial charge on any atom is 0.336 e. The largest absolute Gasteiger partial charge is 0.504 e. The molecule has 4 aromatic rings. The molecule has 0 radical (unpaired) electrons. The molecule has 1 aliphatic heterocycles. The fraction of sp³-hybridized carbons (Fsp3) is 0.222. The molecule has 168 valence electrons. The Morgan fingerprint density at radius 1 is 0.788 bits per heavy atom. The van der Waals surface area contributed by atoms with Gasteiger partial charge in [-0.3, -0.25) is 9.80 Å². The maximum atomic E-state index is 12.1. The van der Waals surface area contributed by atoms with Crippen LogP contribution in [0.15, 0.2) is 88.1 Å². The SMILES string of the molecule is O=c1cc(CN2CCN(C(c3ccccc3)c3ccccc3)CC2)c2cc(O)c(O)cc2o1. The summed E-state index contributed by atoms with van der Waals surface area (Å²) in [7, 11) is 0. The molecule has 0 amide bonds. The minimum Gasteiger partial charge on any atom is -0.504 e. The number of phenols is 2. The first-order valence-electron chi connectivity index (χ1n) is 11.1. The number of aromatic hydroxyl groups is 2. The van der Waals surface area contributed by atoms with Gasteiger partial charge in [0.1, 0.15) is 5.58 Å². The van der Waals surface area contributed by atoms with Crippen LogP contribution >= 0.6 is 0 Å². The fourth-order valence-corrected chi connectivity index (χ4v) is 4.69. The van der Waals surface area contributed by atoms with Crippen LogP contribution in [-0.2, 0) is 6.54 Å². The van der Waals surface area contributed by atoms with Crippen LogP contribution < -0.4 is 5.63 Å². The summed E-state index contributed by atoms with van der Waals surface area (Å²) in [5.74, 6) is -0.528. The highest BCUT2D eigenvalue weighted by Crippen LogP contribution is 2.32. The summed E-state index contributed by atoms with van der Waals surface area (Å²) < 4.78 is 5.22. The van der Waals surface area contributed by atoms with Crippen molar-refractivity contribution in [3.63, 3.8) is 0 Å². The summed E-state index contributed by atoms with van der Waals surface area (Å²) in [4.78, 5) is 16.9. The monoisotopic (exact) mass is 442 g/mol. The van der Waals surface area contributed by atoms with E-state index in [1.54, 1.807) is 0 Å². The third kappa shape index (κ3) is 4.49. The van der Waals surface area contributed by atoms with Gasteiger partial charge in [-0.1, -0.05) is 60.7 Å². The van der Waals surface area contributed by atoms with Crippen molar-refractivity contribution in [3.05, 3.63) is 106 Å². The normalized spacial score (nSPS) is 15.3. The van der Waals surface area contributed by atoms with Gasteiger partial charge in [-0.25, -0.2) is 4.79 Å². The number of rotatable bonds is 5. The molecule has 1 aromatic heterocycles. The molecule has 0 bridgehead atoms. The van der Waals surface area contributed by atoms with Crippen molar-refractivity contribution in [1.29, 1.82) is 0 Å². The summed E-state index contributed by atoms with van der Waals surface area (Å²) >= 11 is 0. The molecule has 0 atom stereocenters. The first kappa shape index (κ1) is 21.2. The van der Waals surface area contributed by atoms with Gasteiger partial charge in [0.15, 0.2) is 11.5 Å². The number of hydrogen-bond acceptors (Lipinski definition) is 6. The van der Waals surface area contributed by atoms with Crippen molar-refractivity contribution in [3.8, 4) is 11.5 Å². The molecule has 5 rings (SSSR count). The predicted molar refractivity (Wildman–Crippen MR) is 127 cm³/mol. The zero-order valence-electron chi connectivity index (χ0n) is 18.2. The van der Waals surface area contributed by atoms with Gasteiger partial charge < -0.3 is 14.6 Å². The van der Waals surface area contributed by atoms with E-state index < -0.39 is 5.63 Å². The molecule has 0 aliphatic carbocycles. The summed E-state index contributed by atoms with van der Waals surface area (Å²) in [6.07, 6.45) is 0. The average molecular weight is 443 g/mol. The van der Waals surface area contributed by atoms with Gasteiger partial charge in [-0.2, -0.15) is 0 Å². The second-order valence-corrected chi connectivity index (χ2v) is 8.46. The standard InChI is InChI=1S/C27H26N2O4/c30-23-16-22-21(15-26(32)33-25(22)17-24(23)31)18-28-11-13-29(14-12-28)27(19-7-3-1-4-8-19)20-9-5-2-6-10-20/h1-10,15-17,27,30-31H,11-14,18H2. The van der Waals surface area contributed by atoms with Crippen LogP contribution in [0, 0.1) is 0 Å². The Bertz CT molecular complexity index is 1260. The van der Waals surface area contributed by atoms with Gasteiger partial charge in [-0.05, 0) is 22.8 Å². The Morgan fingerprint density at radius 2 is 1.36 bits per heavy atom. The molecule has 0 spiro atoms. The molecule has 2 heterocycles. The van der Waals surface area contributed by atoms with Gasteiger partial charge >= 0.3 is 5.63 Å². The minimum absolute atomic E-state index is 0.194. The van der Waals surface area contributed by atoms with E-state index in [1.165, 1.54) is 29.3 Å². The van der Waals surface area contributed by atoms with E-state index >= 15 is 0 Å². The van der Waals surface area contributed by atoms with Crippen molar-refractivity contribution < 1.29 is 14.6 Å². The van der Waals surface area contributed by atoms with Gasteiger partial charge in [0, 0.05) is 50.2 Å². The Balaban J connectivity index is 1.36. The van der Waals surface area contributed by atoms with Crippen LogP contribution in [0.3, 0.4) is 0 Å². The third-order valence-corrected chi connectivity index (χ3v) is 6.32. The number of fused-ring (bicyclic) bond motifs is 1. The van der Waals surface area contributed by atoms with Crippen molar-refractivity contribution in [1.82, 2.24) is 9.80 Å². The highest BCUT2D eigenvalue weighted by molar-refractivity contribution is 5.83. The molecular formula is C27H26N2O4. The molecule has 0 saturated carbocycles. The maximum absolute atomic E-state index is 12.1. The van der Waals surface area contributed by atoms with Crippen molar-refractivity contribution >= 4 is 11.0 Å². The smallest absolute Gasteiger partial charge is 0.336 e. The van der Waals surface area contributed by atoms with Crippen LogP contribution in [0.5, 0.6) is 11.5 Å². The number of benzene rings is 3. The molecule has 6 nitrogen and oxygen atoms in total. The quantitative estimate of drug-likeness (QED) is 0.358. The highest BCUT2D eigenvalue weighted by atomic mass is 16.4. The molecule has 3 aromatic carbocycles. The van der Waals surface area contributed by atoms with Gasteiger partial charge in [0.05, 0.1) is 6.04 Å². The fourth-order valence-electron chi connectivity index (χ4n) is 4.69. The van der Waals surface area contributed by atoms with E-state index in [1.807, 2.05) is 12.1 Å². The molecule has 1 aliphatic rings. The minimum atomic E-state index is -0.463. The predicted octanol–water partition coefficient (Wildman–Crippen LogP) is 4.11. The highest BCUT2D eigenvalue weighted by Gasteiger charge is 2.26. The average Bonchev–Trinajstić information content (AvgIpc) is 2.83. The molecule has 2 N–H and O–H groups in total. The summed E-state index contributed by atoms with van der Waals surface area (Å²) in [6.45, 7) is 4.05. The zero-order valence-corrected chi connectivity index (χ0v) is 18.2. The molecule has 1 fully saturated rings. The molecular weight excluding hydrogens is 416 g/mol. The van der Waals surface area contributed by atoms with Gasteiger partial charge in [0.25, 0.3) is 0 Å². The van der Waals surface area contributed by atoms with E-state index in [2.05, 4.69) is 58.3 Å². The van der Waals surface area contributed by atoms with Crippen molar-refractivity contribution in [2.24, 2.45) is 0 Å². The van der Waals surface area contributed by atoms with Crippen molar-refractivity contribution in [2.45, 2.75) is 12.6 Å². The number of nitrogens with zero attached hydrogens (tertiary/aromatic N) is 2. The zero-order chi connectivity index (χ0) is 22.8. The second kappa shape index (κ2) is 9.10. The van der Waals surface area contributed by atoms with E-state index in [0.717, 1.165) is 31.7 Å². The van der Waals surface area contributed by atoms with E-state index in [9.17, 15) is 15.0 Å². The van der Waals surface area contributed by atoms with Gasteiger partial charge in [-0.15, -0.1) is 0 Å². The number of phenolic OH excluding ortho intramolecular Hbond substituents is 2. The first-order chi connectivity index (χ1) is 16.1. The van der Waals surface area contributed by atoms with E-state index in [4.69, 9.17) is 4.42 Å². The molecule has 6 heteroatoms. The Morgan fingerprint density at radius 3 is 1.97 bits per heavy atom. The topological polar surface area (TPSA) is 77.2 Å². The summed E-state index contributed by atoms with van der Waals surface area (Å²) in [6, 6.07) is 25.6. The third-order valence-electron chi connectivity index (χ3n) is 6.32. The van der Waals surface area contributed by atoms with E-state index in [-0.39, 0.29) is 23.1 Å². The lowest BCUT2D eigenvalue weighted by molar-refractivity contribution is 0.105. The van der Waals surface area contributed by atoms with Crippen LogP contribution in [0.2, 0.25) is 0 Å². The number of hydrogen-bond donors (Lipinski definition) is 2. The lowest BCUT2D eigenvalue weighted by Crippen LogP contribution is -2.47. The van der Waals surface area contributed by atoms with Crippen LogP contribution in [0.4, 0.5) is 0 Å². The molecule has 33 heavy (non-hydrogen) atoms. The summed E-state index contributed by atoms with van der Waals surface area (Å²) in [5.41, 5.74) is 3.15. The lowest BCUT2D eigenvalue weighted by Gasteiger charge is -2.40. The van der Waals surface area contributed by atoms with Crippen LogP contribution in [-0.4, -0.2) is 46.2 Å². The molecule has 1 saturated heterocycles. The first-order valence-corrected chi connectivity index (χ1v) is 11.1. The van der Waals surface area contributed by atoms with Gasteiger partial charge in [0.2, 0.25) is 0 Å². The summed E-state index contributed by atoms with van der Waals surface area (Å²) in [5, 5.41) is 20.3. The van der Waals surface area contributed by atoms with Crippen LogP contribution in [0.1, 0.15) is 22.7 Å².